The molecule has 2 amide bonds. The minimum atomic E-state index is -1.08. The number of hydrogen-bond donors (Lipinski definition) is 2. The third kappa shape index (κ3) is 5.95. The minimum absolute atomic E-state index is 0.0510. The van der Waals surface area contributed by atoms with Crippen molar-refractivity contribution in [2.75, 3.05) is 10.6 Å². The highest BCUT2D eigenvalue weighted by Crippen LogP contribution is 2.27. The summed E-state index contributed by atoms with van der Waals surface area (Å²) in [4.78, 5) is 25.7. The van der Waals surface area contributed by atoms with Crippen molar-refractivity contribution in [2.24, 2.45) is 0 Å². The number of carbonyl (C=O) groups excluding carboxylic acids is 2. The molecule has 2 aromatic carbocycles. The van der Waals surface area contributed by atoms with Gasteiger partial charge in [-0.1, -0.05) is 45.0 Å². The molecule has 0 fully saturated rings. The van der Waals surface area contributed by atoms with Crippen molar-refractivity contribution in [2.45, 2.75) is 45.6 Å². The number of carbonyl (C=O) groups is 2. The second kappa shape index (κ2) is 8.94. The summed E-state index contributed by atoms with van der Waals surface area (Å²) in [5.41, 5.74) is 1.35. The van der Waals surface area contributed by atoms with Gasteiger partial charge in [-0.15, -0.1) is 11.3 Å². The van der Waals surface area contributed by atoms with E-state index in [0.717, 1.165) is 0 Å². The predicted octanol–water partition coefficient (Wildman–Crippen LogP) is 6.09. The highest BCUT2D eigenvalue weighted by atomic mass is 32.1. The average molecular weight is 437 g/mol. The molecule has 0 aliphatic rings. The van der Waals surface area contributed by atoms with Crippen molar-refractivity contribution in [1.29, 1.82) is 0 Å². The second-order valence-electron chi connectivity index (χ2n) is 8.85. The first-order valence-corrected chi connectivity index (χ1v) is 11.0. The second-order valence-corrected chi connectivity index (χ2v) is 9.80. The molecule has 0 aliphatic heterocycles. The van der Waals surface area contributed by atoms with Gasteiger partial charge in [-0.2, -0.15) is 0 Å². The van der Waals surface area contributed by atoms with Crippen LogP contribution in [0.5, 0.6) is 5.75 Å². The maximum atomic E-state index is 12.9. The van der Waals surface area contributed by atoms with Crippen LogP contribution in [0.3, 0.4) is 0 Å². The van der Waals surface area contributed by atoms with Crippen molar-refractivity contribution < 1.29 is 14.3 Å². The summed E-state index contributed by atoms with van der Waals surface area (Å²) in [6, 6.07) is 18.4. The number of nitrogens with one attached hydrogen (secondary N) is 2. The van der Waals surface area contributed by atoms with Crippen molar-refractivity contribution in [3.8, 4) is 5.75 Å². The average Bonchev–Trinajstić information content (AvgIpc) is 3.22. The zero-order valence-electron chi connectivity index (χ0n) is 18.5. The van der Waals surface area contributed by atoms with E-state index in [4.69, 9.17) is 4.74 Å². The Morgan fingerprint density at radius 1 is 0.839 bits per heavy atom. The fourth-order valence-electron chi connectivity index (χ4n) is 2.92. The smallest absolute Gasteiger partial charge is 0.267 e. The third-order valence-electron chi connectivity index (χ3n) is 4.76. The van der Waals surface area contributed by atoms with Crippen LogP contribution in [0.2, 0.25) is 0 Å². The molecular weight excluding hydrogens is 408 g/mol. The maximum Gasteiger partial charge on any atom is 0.267 e. The van der Waals surface area contributed by atoms with E-state index in [1.165, 1.54) is 16.9 Å². The molecule has 2 N–H and O–H groups in total. The van der Waals surface area contributed by atoms with Gasteiger partial charge in [-0.05, 0) is 66.6 Å². The van der Waals surface area contributed by atoms with Gasteiger partial charge < -0.3 is 15.4 Å². The van der Waals surface area contributed by atoms with Crippen LogP contribution in [0.25, 0.3) is 0 Å². The molecular formula is C25H28N2O3S. The topological polar surface area (TPSA) is 67.4 Å². The van der Waals surface area contributed by atoms with E-state index in [1.54, 1.807) is 44.2 Å². The Hall–Kier alpha value is -3.12. The van der Waals surface area contributed by atoms with Gasteiger partial charge in [0.2, 0.25) is 0 Å². The summed E-state index contributed by atoms with van der Waals surface area (Å²) in [6.45, 7) is 9.90. The van der Waals surface area contributed by atoms with E-state index in [9.17, 15) is 9.59 Å². The van der Waals surface area contributed by atoms with Gasteiger partial charge in [0.15, 0.2) is 5.60 Å². The zero-order valence-corrected chi connectivity index (χ0v) is 19.3. The number of anilines is 2. The SMILES string of the molecule is CC(C)(Oc1ccc(C(C)(C)C)cc1)C(=O)Nc1cccc(NC(=O)c2cccs2)c1. The lowest BCUT2D eigenvalue weighted by Gasteiger charge is -2.26. The Kier molecular flexibility index (Phi) is 6.51. The molecule has 0 saturated heterocycles. The van der Waals surface area contributed by atoms with Gasteiger partial charge in [0.25, 0.3) is 11.8 Å². The first-order valence-electron chi connectivity index (χ1n) is 10.1. The Balaban J connectivity index is 1.65. The highest BCUT2D eigenvalue weighted by molar-refractivity contribution is 7.12. The molecule has 0 unspecified atom stereocenters. The molecule has 162 valence electrons. The van der Waals surface area contributed by atoms with Crippen LogP contribution in [0, 0.1) is 0 Å². The molecule has 0 spiro atoms. The first kappa shape index (κ1) is 22.6. The monoisotopic (exact) mass is 436 g/mol. The number of amides is 2. The fraction of sp³-hybridized carbons (Fsp3) is 0.280. The number of rotatable bonds is 6. The Morgan fingerprint density at radius 3 is 2.06 bits per heavy atom. The molecule has 5 nitrogen and oxygen atoms in total. The number of thiophene rings is 1. The Bertz CT molecular complexity index is 1050. The zero-order chi connectivity index (χ0) is 22.6. The molecule has 0 aliphatic carbocycles. The summed E-state index contributed by atoms with van der Waals surface area (Å²) < 4.78 is 5.97. The normalized spacial score (nSPS) is 11.6. The lowest BCUT2D eigenvalue weighted by molar-refractivity contribution is -0.128. The maximum absolute atomic E-state index is 12.9. The lowest BCUT2D eigenvalue weighted by Crippen LogP contribution is -2.42. The van der Waals surface area contributed by atoms with Crippen LogP contribution in [-0.2, 0) is 10.2 Å². The molecule has 0 atom stereocenters. The molecule has 0 radical (unpaired) electrons. The molecule has 1 heterocycles. The summed E-state index contributed by atoms with van der Waals surface area (Å²) in [5, 5.41) is 7.57. The van der Waals surface area contributed by atoms with Crippen LogP contribution in [0.1, 0.15) is 49.9 Å². The van der Waals surface area contributed by atoms with E-state index in [0.29, 0.717) is 22.0 Å². The Labute approximate surface area is 187 Å². The molecule has 0 bridgehead atoms. The largest absolute Gasteiger partial charge is 0.478 e. The molecule has 1 aromatic heterocycles. The first-order chi connectivity index (χ1) is 14.5. The summed E-state index contributed by atoms with van der Waals surface area (Å²) in [7, 11) is 0. The molecule has 31 heavy (non-hydrogen) atoms. The van der Waals surface area contributed by atoms with E-state index in [-0.39, 0.29) is 17.2 Å². The van der Waals surface area contributed by atoms with Gasteiger partial charge in [0.1, 0.15) is 5.75 Å². The Morgan fingerprint density at radius 2 is 1.48 bits per heavy atom. The van der Waals surface area contributed by atoms with E-state index in [1.807, 2.05) is 35.7 Å². The molecule has 6 heteroatoms. The standard InChI is InChI=1S/C25H28N2O3S/c1-24(2,3)17-11-13-20(14-12-17)30-25(4,5)23(29)27-19-9-6-8-18(16-19)26-22(28)21-10-7-15-31-21/h6-16H,1-5H3,(H,26,28)(H,27,29). The van der Waals surface area contributed by atoms with Gasteiger partial charge >= 0.3 is 0 Å². The van der Waals surface area contributed by atoms with Crippen LogP contribution in [-0.4, -0.2) is 17.4 Å². The van der Waals surface area contributed by atoms with Gasteiger partial charge in [0, 0.05) is 11.4 Å². The number of ether oxygens (including phenoxy) is 1. The quantitative estimate of drug-likeness (QED) is 0.491. The molecule has 3 aromatic rings. The van der Waals surface area contributed by atoms with Crippen molar-refractivity contribution in [3.05, 3.63) is 76.5 Å². The van der Waals surface area contributed by atoms with Crippen molar-refractivity contribution in [3.63, 3.8) is 0 Å². The predicted molar refractivity (Wildman–Crippen MR) is 127 cm³/mol. The van der Waals surface area contributed by atoms with Crippen molar-refractivity contribution >= 4 is 34.5 Å². The van der Waals surface area contributed by atoms with E-state index in [2.05, 4.69) is 31.4 Å². The lowest BCUT2D eigenvalue weighted by atomic mass is 9.87. The minimum Gasteiger partial charge on any atom is -0.478 e. The third-order valence-corrected chi connectivity index (χ3v) is 5.63. The van der Waals surface area contributed by atoms with Crippen molar-refractivity contribution in [1.82, 2.24) is 0 Å². The summed E-state index contributed by atoms with van der Waals surface area (Å²) >= 11 is 1.37. The van der Waals surface area contributed by atoms with Gasteiger partial charge in [0.05, 0.1) is 4.88 Å². The summed E-state index contributed by atoms with van der Waals surface area (Å²) in [5.74, 6) is 0.167. The van der Waals surface area contributed by atoms with E-state index < -0.39 is 5.60 Å². The summed E-state index contributed by atoms with van der Waals surface area (Å²) in [6.07, 6.45) is 0. The number of benzene rings is 2. The van der Waals surface area contributed by atoms with Gasteiger partial charge in [-0.25, -0.2) is 0 Å². The van der Waals surface area contributed by atoms with Crippen LogP contribution >= 0.6 is 11.3 Å². The highest BCUT2D eigenvalue weighted by Gasteiger charge is 2.30. The number of hydrogen-bond acceptors (Lipinski definition) is 4. The molecule has 3 rings (SSSR count). The van der Waals surface area contributed by atoms with Gasteiger partial charge in [-0.3, -0.25) is 9.59 Å². The van der Waals surface area contributed by atoms with Crippen LogP contribution in [0.15, 0.2) is 66.0 Å². The van der Waals surface area contributed by atoms with E-state index >= 15 is 0 Å². The van der Waals surface area contributed by atoms with Crippen LogP contribution < -0.4 is 15.4 Å². The van der Waals surface area contributed by atoms with Crippen LogP contribution in [0.4, 0.5) is 11.4 Å². The molecule has 0 saturated carbocycles. The fourth-order valence-corrected chi connectivity index (χ4v) is 3.54.